The van der Waals surface area contributed by atoms with Crippen molar-refractivity contribution >= 4 is 11.9 Å². The number of hydrogen-bond acceptors (Lipinski definition) is 2. The standard InChI is InChI=1S/C14H19NO3/c1-9-7-10(2)13(11(3)8-9)14(18)15(4)6-5-12(16)17/h7-8H,5-6H2,1-4H3,(H,16,17). The van der Waals surface area contributed by atoms with Crippen LogP contribution < -0.4 is 0 Å². The number of carboxylic acid groups (broad SMARTS) is 1. The maximum Gasteiger partial charge on any atom is 0.305 e. The van der Waals surface area contributed by atoms with Crippen LogP contribution in [-0.2, 0) is 4.79 Å². The van der Waals surface area contributed by atoms with E-state index in [0.717, 1.165) is 16.7 Å². The van der Waals surface area contributed by atoms with Gasteiger partial charge >= 0.3 is 5.97 Å². The highest BCUT2D eigenvalue weighted by Crippen LogP contribution is 2.18. The molecule has 0 spiro atoms. The largest absolute Gasteiger partial charge is 0.481 e. The molecule has 0 heterocycles. The van der Waals surface area contributed by atoms with Crippen molar-refractivity contribution in [3.05, 3.63) is 34.4 Å². The van der Waals surface area contributed by atoms with Crippen molar-refractivity contribution in [3.63, 3.8) is 0 Å². The Labute approximate surface area is 107 Å². The maximum atomic E-state index is 12.2. The molecule has 1 aromatic rings. The first kappa shape index (κ1) is 14.2. The molecule has 0 bridgehead atoms. The van der Waals surface area contributed by atoms with Crippen molar-refractivity contribution in [2.45, 2.75) is 27.2 Å². The minimum Gasteiger partial charge on any atom is -0.481 e. The summed E-state index contributed by atoms with van der Waals surface area (Å²) >= 11 is 0. The number of carbonyl (C=O) groups excluding carboxylic acids is 1. The number of carbonyl (C=O) groups is 2. The fourth-order valence-corrected chi connectivity index (χ4v) is 2.07. The van der Waals surface area contributed by atoms with Crippen LogP contribution in [0.5, 0.6) is 0 Å². The Hall–Kier alpha value is -1.84. The summed E-state index contributed by atoms with van der Waals surface area (Å²) in [5, 5.41) is 8.62. The van der Waals surface area contributed by atoms with Gasteiger partial charge in [0.05, 0.1) is 6.42 Å². The zero-order chi connectivity index (χ0) is 13.9. The normalized spacial score (nSPS) is 10.2. The van der Waals surface area contributed by atoms with E-state index >= 15 is 0 Å². The Bertz CT molecular complexity index is 457. The molecule has 0 saturated carbocycles. The van der Waals surface area contributed by atoms with Crippen LogP contribution in [-0.4, -0.2) is 35.5 Å². The molecule has 1 N–H and O–H groups in total. The highest BCUT2D eigenvalue weighted by atomic mass is 16.4. The topological polar surface area (TPSA) is 57.6 Å². The molecule has 18 heavy (non-hydrogen) atoms. The van der Waals surface area contributed by atoms with E-state index in [4.69, 9.17) is 5.11 Å². The third kappa shape index (κ3) is 3.32. The lowest BCUT2D eigenvalue weighted by atomic mass is 9.99. The maximum absolute atomic E-state index is 12.2. The molecule has 4 heteroatoms. The molecule has 0 radical (unpaired) electrons. The van der Waals surface area contributed by atoms with Gasteiger partial charge in [-0.25, -0.2) is 0 Å². The number of rotatable bonds is 4. The molecule has 0 atom stereocenters. The number of aryl methyl sites for hydroxylation is 3. The molecule has 0 aliphatic rings. The van der Waals surface area contributed by atoms with E-state index in [1.54, 1.807) is 7.05 Å². The molecule has 1 amide bonds. The van der Waals surface area contributed by atoms with Gasteiger partial charge in [0.15, 0.2) is 0 Å². The molecule has 1 aromatic carbocycles. The SMILES string of the molecule is Cc1cc(C)c(C(=O)N(C)CCC(=O)O)c(C)c1. The zero-order valence-corrected chi connectivity index (χ0v) is 11.3. The summed E-state index contributed by atoms with van der Waals surface area (Å²) in [5.41, 5.74) is 3.66. The van der Waals surface area contributed by atoms with E-state index in [1.165, 1.54) is 4.90 Å². The zero-order valence-electron chi connectivity index (χ0n) is 11.3. The molecule has 0 aliphatic carbocycles. The Kier molecular flexibility index (Phi) is 4.48. The summed E-state index contributed by atoms with van der Waals surface area (Å²) in [6, 6.07) is 3.93. The van der Waals surface area contributed by atoms with Gasteiger partial charge in [-0.05, 0) is 31.9 Å². The summed E-state index contributed by atoms with van der Waals surface area (Å²) in [7, 11) is 1.63. The molecule has 1 rings (SSSR count). The van der Waals surface area contributed by atoms with Crippen LogP contribution in [0.1, 0.15) is 33.5 Å². The summed E-state index contributed by atoms with van der Waals surface area (Å²) in [5.74, 6) is -1.02. The number of aliphatic carboxylic acids is 1. The van der Waals surface area contributed by atoms with Gasteiger partial charge in [0.25, 0.3) is 5.91 Å². The minimum atomic E-state index is -0.896. The van der Waals surface area contributed by atoms with Crippen molar-refractivity contribution in [1.29, 1.82) is 0 Å². The molecular formula is C14H19NO3. The highest BCUT2D eigenvalue weighted by molar-refractivity contribution is 5.97. The average Bonchev–Trinajstić information content (AvgIpc) is 2.24. The van der Waals surface area contributed by atoms with Crippen molar-refractivity contribution in [1.82, 2.24) is 4.90 Å². The van der Waals surface area contributed by atoms with E-state index in [0.29, 0.717) is 5.56 Å². The molecule has 98 valence electrons. The van der Waals surface area contributed by atoms with Crippen LogP contribution in [0, 0.1) is 20.8 Å². The molecule has 0 fully saturated rings. The van der Waals surface area contributed by atoms with Gasteiger partial charge in [0.1, 0.15) is 0 Å². The molecule has 4 nitrogen and oxygen atoms in total. The number of nitrogens with zero attached hydrogens (tertiary/aromatic N) is 1. The summed E-state index contributed by atoms with van der Waals surface area (Å²) < 4.78 is 0. The molecule has 0 aliphatic heterocycles. The molecule has 0 aromatic heterocycles. The van der Waals surface area contributed by atoms with E-state index in [9.17, 15) is 9.59 Å². The third-order valence-corrected chi connectivity index (χ3v) is 2.90. The van der Waals surface area contributed by atoms with Gasteiger partial charge in [0.2, 0.25) is 0 Å². The van der Waals surface area contributed by atoms with E-state index in [-0.39, 0.29) is 18.9 Å². The number of carboxylic acids is 1. The first-order valence-corrected chi connectivity index (χ1v) is 5.88. The monoisotopic (exact) mass is 249 g/mol. The number of benzene rings is 1. The second-order valence-electron chi connectivity index (χ2n) is 4.64. The predicted octanol–water partition coefficient (Wildman–Crippen LogP) is 2.16. The van der Waals surface area contributed by atoms with Crippen molar-refractivity contribution in [2.24, 2.45) is 0 Å². The van der Waals surface area contributed by atoms with Crippen LogP contribution in [0.3, 0.4) is 0 Å². The van der Waals surface area contributed by atoms with Crippen LogP contribution in [0.25, 0.3) is 0 Å². The summed E-state index contributed by atoms with van der Waals surface area (Å²) in [6.45, 7) is 6.01. The van der Waals surface area contributed by atoms with Gasteiger partial charge < -0.3 is 10.0 Å². The van der Waals surface area contributed by atoms with Crippen LogP contribution in [0.4, 0.5) is 0 Å². The van der Waals surface area contributed by atoms with Crippen molar-refractivity contribution in [2.75, 3.05) is 13.6 Å². The molecular weight excluding hydrogens is 230 g/mol. The first-order valence-electron chi connectivity index (χ1n) is 5.88. The van der Waals surface area contributed by atoms with Gasteiger partial charge in [-0.1, -0.05) is 17.7 Å². The Balaban J connectivity index is 2.93. The summed E-state index contributed by atoms with van der Waals surface area (Å²) in [6.07, 6.45) is -0.0355. The Morgan fingerprint density at radius 1 is 1.17 bits per heavy atom. The van der Waals surface area contributed by atoms with Gasteiger partial charge in [-0.15, -0.1) is 0 Å². The van der Waals surface area contributed by atoms with Gasteiger partial charge in [-0.2, -0.15) is 0 Å². The van der Waals surface area contributed by atoms with Crippen molar-refractivity contribution < 1.29 is 14.7 Å². The highest BCUT2D eigenvalue weighted by Gasteiger charge is 2.17. The van der Waals surface area contributed by atoms with Crippen LogP contribution in [0.2, 0.25) is 0 Å². The molecule has 0 unspecified atom stereocenters. The van der Waals surface area contributed by atoms with E-state index < -0.39 is 5.97 Å². The third-order valence-electron chi connectivity index (χ3n) is 2.90. The fourth-order valence-electron chi connectivity index (χ4n) is 2.07. The second kappa shape index (κ2) is 5.67. The number of amides is 1. The van der Waals surface area contributed by atoms with Crippen LogP contribution in [0.15, 0.2) is 12.1 Å². The van der Waals surface area contributed by atoms with E-state index in [2.05, 4.69) is 0 Å². The van der Waals surface area contributed by atoms with Gasteiger partial charge in [-0.3, -0.25) is 9.59 Å². The van der Waals surface area contributed by atoms with Crippen molar-refractivity contribution in [3.8, 4) is 0 Å². The van der Waals surface area contributed by atoms with Gasteiger partial charge in [0, 0.05) is 19.2 Å². The lowest BCUT2D eigenvalue weighted by Gasteiger charge is -2.19. The average molecular weight is 249 g/mol. The Morgan fingerprint density at radius 3 is 2.11 bits per heavy atom. The minimum absolute atomic E-state index is 0.0355. The Morgan fingerprint density at radius 2 is 1.67 bits per heavy atom. The lowest BCUT2D eigenvalue weighted by molar-refractivity contribution is -0.137. The van der Waals surface area contributed by atoms with E-state index in [1.807, 2.05) is 32.9 Å². The number of hydrogen-bond donors (Lipinski definition) is 1. The fraction of sp³-hybridized carbons (Fsp3) is 0.429. The van der Waals surface area contributed by atoms with Crippen LogP contribution >= 0.6 is 0 Å². The molecule has 0 saturated heterocycles. The quantitative estimate of drug-likeness (QED) is 0.889. The predicted molar refractivity (Wildman–Crippen MR) is 69.9 cm³/mol. The second-order valence-corrected chi connectivity index (χ2v) is 4.64. The lowest BCUT2D eigenvalue weighted by Crippen LogP contribution is -2.30. The first-order chi connectivity index (χ1) is 8.32. The smallest absolute Gasteiger partial charge is 0.305 e. The summed E-state index contributed by atoms with van der Waals surface area (Å²) in [4.78, 5) is 24.2.